The molecule has 1 atom stereocenters. The molecule has 1 saturated carbocycles. The van der Waals surface area contributed by atoms with E-state index in [2.05, 4.69) is 20.6 Å². The van der Waals surface area contributed by atoms with E-state index in [9.17, 15) is 22.0 Å². The molecular weight excluding hydrogens is 426 g/mol. The fourth-order valence-electron chi connectivity index (χ4n) is 2.84. The lowest BCUT2D eigenvalue weighted by molar-refractivity contribution is 0.0947. The Hall–Kier alpha value is -2.88. The summed E-state index contributed by atoms with van der Waals surface area (Å²) in [6.45, 7) is 3.55. The molecule has 1 aliphatic carbocycles. The van der Waals surface area contributed by atoms with E-state index in [1.165, 1.54) is 12.3 Å². The monoisotopic (exact) mass is 450 g/mol. The summed E-state index contributed by atoms with van der Waals surface area (Å²) in [5.74, 6) is -0.922. The van der Waals surface area contributed by atoms with Gasteiger partial charge in [0.05, 0.1) is 0 Å². The van der Waals surface area contributed by atoms with E-state index in [0.717, 1.165) is 42.7 Å². The molecule has 3 rings (SSSR count). The number of anilines is 1. The van der Waals surface area contributed by atoms with E-state index in [1.54, 1.807) is 6.92 Å². The zero-order valence-electron chi connectivity index (χ0n) is 17.4. The van der Waals surface area contributed by atoms with E-state index in [1.807, 2.05) is 6.92 Å². The summed E-state index contributed by atoms with van der Waals surface area (Å²) >= 11 is 0. The van der Waals surface area contributed by atoms with Crippen molar-refractivity contribution >= 4 is 21.6 Å². The molecule has 0 spiro atoms. The molecule has 2 aromatic rings. The highest BCUT2D eigenvalue weighted by Gasteiger charge is 2.42. The predicted molar refractivity (Wildman–Crippen MR) is 113 cm³/mol. The Kier molecular flexibility index (Phi) is 6.40. The lowest BCUT2D eigenvalue weighted by atomic mass is 10.1. The van der Waals surface area contributed by atoms with Crippen LogP contribution in [-0.4, -0.2) is 36.6 Å². The van der Waals surface area contributed by atoms with Gasteiger partial charge in [-0.05, 0) is 38.0 Å². The van der Waals surface area contributed by atoms with Crippen LogP contribution in [0.25, 0.3) is 0 Å². The van der Waals surface area contributed by atoms with E-state index < -0.39 is 33.4 Å². The highest BCUT2D eigenvalue weighted by molar-refractivity contribution is 7.93. The summed E-state index contributed by atoms with van der Waals surface area (Å²) < 4.78 is 50.0. The van der Waals surface area contributed by atoms with Crippen LogP contribution in [-0.2, 0) is 21.8 Å². The third kappa shape index (κ3) is 6.06. The third-order valence-corrected chi connectivity index (χ3v) is 5.65. The molecule has 1 aromatic carbocycles. The molecule has 0 bridgehead atoms. The van der Waals surface area contributed by atoms with Crippen molar-refractivity contribution in [2.24, 2.45) is 0 Å². The van der Waals surface area contributed by atoms with Crippen LogP contribution in [0.4, 0.5) is 14.6 Å². The highest BCUT2D eigenvalue weighted by atomic mass is 32.2. The van der Waals surface area contributed by atoms with Crippen molar-refractivity contribution in [1.82, 2.24) is 15.3 Å². The van der Waals surface area contributed by atoms with E-state index in [4.69, 9.17) is 0 Å². The number of benzene rings is 1. The number of rotatable bonds is 8. The molecule has 0 radical (unpaired) electrons. The SMILES string of the molecule is C[C@@H](/C=C/S(C)(=O)=O)NC(=O)c1cnc(C2(C)CC2)nc1NCc1cc(F)ccc1F. The minimum Gasteiger partial charge on any atom is -0.365 e. The van der Waals surface area contributed by atoms with Crippen molar-refractivity contribution < 1.29 is 22.0 Å². The summed E-state index contributed by atoms with van der Waals surface area (Å²) in [7, 11) is -3.32. The lowest BCUT2D eigenvalue weighted by Crippen LogP contribution is -2.32. The van der Waals surface area contributed by atoms with Gasteiger partial charge in [-0.25, -0.2) is 27.2 Å². The Bertz CT molecular complexity index is 1130. The molecule has 2 N–H and O–H groups in total. The molecule has 0 aliphatic heterocycles. The maximum atomic E-state index is 14.0. The van der Waals surface area contributed by atoms with E-state index in [-0.39, 0.29) is 28.9 Å². The van der Waals surface area contributed by atoms with Crippen molar-refractivity contribution in [2.75, 3.05) is 11.6 Å². The summed E-state index contributed by atoms with van der Waals surface area (Å²) in [6, 6.07) is 2.56. The lowest BCUT2D eigenvalue weighted by Gasteiger charge is -2.16. The summed E-state index contributed by atoms with van der Waals surface area (Å²) in [4.78, 5) is 21.5. The summed E-state index contributed by atoms with van der Waals surface area (Å²) in [5, 5.41) is 6.58. The molecule has 1 aliphatic rings. The van der Waals surface area contributed by atoms with Gasteiger partial charge in [0, 0.05) is 41.4 Å². The topological polar surface area (TPSA) is 101 Å². The zero-order chi connectivity index (χ0) is 22.8. The number of carbonyl (C=O) groups is 1. The molecule has 0 unspecified atom stereocenters. The van der Waals surface area contributed by atoms with Crippen molar-refractivity contribution in [3.8, 4) is 0 Å². The van der Waals surface area contributed by atoms with Crippen molar-refractivity contribution in [3.05, 3.63) is 64.5 Å². The molecule has 7 nitrogen and oxygen atoms in total. The van der Waals surface area contributed by atoms with Gasteiger partial charge in [0.2, 0.25) is 0 Å². The first-order chi connectivity index (χ1) is 14.5. The molecule has 1 amide bonds. The minimum atomic E-state index is -3.32. The average Bonchev–Trinajstić information content (AvgIpc) is 3.45. The quantitative estimate of drug-likeness (QED) is 0.641. The second-order valence-corrected chi connectivity index (χ2v) is 9.96. The Morgan fingerprint density at radius 2 is 2.03 bits per heavy atom. The van der Waals surface area contributed by atoms with Crippen LogP contribution in [0.5, 0.6) is 0 Å². The highest BCUT2D eigenvalue weighted by Crippen LogP contribution is 2.46. The molecule has 10 heteroatoms. The largest absolute Gasteiger partial charge is 0.365 e. The van der Waals surface area contributed by atoms with Crippen LogP contribution in [0.3, 0.4) is 0 Å². The Morgan fingerprint density at radius 3 is 2.68 bits per heavy atom. The van der Waals surface area contributed by atoms with Gasteiger partial charge in [-0.1, -0.05) is 13.0 Å². The van der Waals surface area contributed by atoms with Crippen LogP contribution < -0.4 is 10.6 Å². The van der Waals surface area contributed by atoms with Gasteiger partial charge >= 0.3 is 0 Å². The number of sulfone groups is 1. The maximum absolute atomic E-state index is 14.0. The first kappa shape index (κ1) is 22.8. The Morgan fingerprint density at radius 1 is 1.32 bits per heavy atom. The van der Waals surface area contributed by atoms with E-state index >= 15 is 0 Å². The van der Waals surface area contributed by atoms with Gasteiger partial charge in [-0.3, -0.25) is 4.79 Å². The van der Waals surface area contributed by atoms with Crippen LogP contribution in [0.15, 0.2) is 35.9 Å². The van der Waals surface area contributed by atoms with Gasteiger partial charge < -0.3 is 10.6 Å². The number of halogens is 2. The number of nitrogens with zero attached hydrogens (tertiary/aromatic N) is 2. The summed E-state index contributed by atoms with van der Waals surface area (Å²) in [5.41, 5.74) is 0.0409. The average molecular weight is 451 g/mol. The second-order valence-electron chi connectivity index (χ2n) is 8.03. The number of amides is 1. The Labute approximate surface area is 179 Å². The fourth-order valence-corrected chi connectivity index (χ4v) is 3.36. The normalized spacial score (nSPS) is 16.2. The number of carbonyl (C=O) groups excluding carboxylic acids is 1. The smallest absolute Gasteiger partial charge is 0.257 e. The van der Waals surface area contributed by atoms with Gasteiger partial charge in [0.15, 0.2) is 9.84 Å². The van der Waals surface area contributed by atoms with Crippen LogP contribution in [0.1, 0.15) is 48.4 Å². The second kappa shape index (κ2) is 8.70. The first-order valence-corrected chi connectivity index (χ1v) is 11.7. The molecule has 31 heavy (non-hydrogen) atoms. The van der Waals surface area contributed by atoms with Gasteiger partial charge in [-0.2, -0.15) is 0 Å². The van der Waals surface area contributed by atoms with Gasteiger partial charge in [0.25, 0.3) is 5.91 Å². The van der Waals surface area contributed by atoms with Crippen LogP contribution >= 0.6 is 0 Å². The number of hydrogen-bond acceptors (Lipinski definition) is 6. The van der Waals surface area contributed by atoms with Crippen molar-refractivity contribution in [2.45, 2.75) is 44.7 Å². The number of nitrogens with one attached hydrogen (secondary N) is 2. The predicted octanol–water partition coefficient (Wildman–Crippen LogP) is 3.10. The van der Waals surface area contributed by atoms with Crippen LogP contribution in [0.2, 0.25) is 0 Å². The maximum Gasteiger partial charge on any atom is 0.257 e. The van der Waals surface area contributed by atoms with Crippen molar-refractivity contribution in [3.63, 3.8) is 0 Å². The first-order valence-electron chi connectivity index (χ1n) is 9.71. The molecule has 1 heterocycles. The standard InChI is InChI=1S/C21H24F2N4O3S/c1-13(6-9-31(3,29)30)26-19(28)16-12-25-20(21(2)7-8-21)27-18(16)24-11-14-10-15(22)4-5-17(14)23/h4-6,9-10,12-13H,7-8,11H2,1-3H3,(H,26,28)(H,24,25,27)/b9-6+/t13-/m0/s1. The molecule has 0 saturated heterocycles. The van der Waals surface area contributed by atoms with Crippen LogP contribution in [0, 0.1) is 11.6 Å². The number of aromatic nitrogens is 2. The minimum absolute atomic E-state index is 0.0828. The Balaban J connectivity index is 1.84. The fraction of sp³-hybridized carbons (Fsp3) is 0.381. The molecular formula is C21H24F2N4O3S. The zero-order valence-corrected chi connectivity index (χ0v) is 18.3. The van der Waals surface area contributed by atoms with Gasteiger partial charge in [-0.15, -0.1) is 0 Å². The summed E-state index contributed by atoms with van der Waals surface area (Å²) in [6.07, 6.45) is 5.63. The third-order valence-electron chi connectivity index (χ3n) is 5.00. The van der Waals surface area contributed by atoms with Gasteiger partial charge in [0.1, 0.15) is 28.8 Å². The molecule has 166 valence electrons. The van der Waals surface area contributed by atoms with E-state index in [0.29, 0.717) is 5.82 Å². The number of hydrogen-bond donors (Lipinski definition) is 2. The molecule has 1 aromatic heterocycles. The molecule has 1 fully saturated rings. The van der Waals surface area contributed by atoms with Crippen molar-refractivity contribution in [1.29, 1.82) is 0 Å².